The number of likely N-dealkylation sites (N-methyl/N-ethyl adjacent to an activating group) is 1. The van der Waals surface area contributed by atoms with Gasteiger partial charge in [-0.3, -0.25) is 9.69 Å². The molecule has 182 valence electrons. The minimum atomic E-state index is -0.359. The number of ether oxygens (including phenoxy) is 1. The number of para-hydroxylation sites is 1. The number of rotatable bonds is 6. The summed E-state index contributed by atoms with van der Waals surface area (Å²) in [4.78, 5) is 16.7. The Morgan fingerprint density at radius 3 is 2.53 bits per heavy atom. The predicted molar refractivity (Wildman–Crippen MR) is 146 cm³/mol. The van der Waals surface area contributed by atoms with Gasteiger partial charge in [0, 0.05) is 40.3 Å². The molecule has 1 aromatic heterocycles. The molecule has 1 amide bonds. The summed E-state index contributed by atoms with van der Waals surface area (Å²) in [6.07, 6.45) is 3.73. The number of hydrogen-bond donors (Lipinski definition) is 0. The van der Waals surface area contributed by atoms with Crippen LogP contribution >= 0.6 is 23.8 Å². The maximum absolute atomic E-state index is 14.5. The summed E-state index contributed by atoms with van der Waals surface area (Å²) >= 11 is 11.9. The average Bonchev–Trinajstić information content (AvgIpc) is 3.32. The summed E-state index contributed by atoms with van der Waals surface area (Å²) in [7, 11) is 1.78. The lowest BCUT2D eigenvalue weighted by Gasteiger charge is -2.16. The molecule has 0 N–H and O–H groups in total. The minimum Gasteiger partial charge on any atom is -0.494 e. The Morgan fingerprint density at radius 2 is 1.81 bits per heavy atom. The smallest absolute Gasteiger partial charge is 0.281 e. The van der Waals surface area contributed by atoms with Crippen molar-refractivity contribution in [2.45, 2.75) is 13.5 Å². The highest BCUT2D eigenvalue weighted by atomic mass is 35.5. The number of nitrogens with zero attached hydrogens (tertiary/aromatic N) is 3. The highest BCUT2D eigenvalue weighted by molar-refractivity contribution is 7.80. The molecule has 2 heterocycles. The summed E-state index contributed by atoms with van der Waals surface area (Å²) in [5.74, 6) is 0.147. The second-order valence-corrected chi connectivity index (χ2v) is 9.14. The number of hydrogen-bond acceptors (Lipinski definition) is 3. The molecule has 8 heteroatoms. The molecule has 5 nitrogen and oxygen atoms in total. The van der Waals surface area contributed by atoms with E-state index in [4.69, 9.17) is 28.6 Å². The van der Waals surface area contributed by atoms with Gasteiger partial charge in [-0.1, -0.05) is 35.9 Å². The second-order valence-electron chi connectivity index (χ2n) is 8.37. The van der Waals surface area contributed by atoms with E-state index in [0.29, 0.717) is 33.7 Å². The van der Waals surface area contributed by atoms with Crippen LogP contribution in [0.3, 0.4) is 0 Å². The molecule has 4 aromatic rings. The van der Waals surface area contributed by atoms with Gasteiger partial charge in [-0.05, 0) is 67.7 Å². The number of anilines is 1. The van der Waals surface area contributed by atoms with E-state index in [1.807, 2.05) is 72.3 Å². The maximum atomic E-state index is 14.5. The fraction of sp³-hybridized carbons (Fsp3) is 0.143. The van der Waals surface area contributed by atoms with E-state index < -0.39 is 0 Å². The van der Waals surface area contributed by atoms with Crippen molar-refractivity contribution < 1.29 is 13.9 Å². The van der Waals surface area contributed by atoms with Crippen LogP contribution in [0.1, 0.15) is 18.1 Å². The summed E-state index contributed by atoms with van der Waals surface area (Å²) < 4.78 is 21.9. The lowest BCUT2D eigenvalue weighted by Crippen LogP contribution is -2.31. The number of fused-ring (bicyclic) bond motifs is 1. The molecule has 0 unspecified atom stereocenters. The van der Waals surface area contributed by atoms with Gasteiger partial charge in [-0.15, -0.1) is 0 Å². The molecule has 3 aromatic carbocycles. The van der Waals surface area contributed by atoms with Gasteiger partial charge >= 0.3 is 0 Å². The molecular formula is C28H23ClFN3O2S. The van der Waals surface area contributed by atoms with Crippen LogP contribution in [0.5, 0.6) is 5.75 Å². The topological polar surface area (TPSA) is 37.7 Å². The fourth-order valence-corrected chi connectivity index (χ4v) is 4.87. The van der Waals surface area contributed by atoms with Crippen LogP contribution in [0.2, 0.25) is 5.02 Å². The standard InChI is InChI=1S/C28H23ClFN3O2S/c1-3-35-20-13-11-19(12-14-20)33-27(34)26(31(2)28(33)36)15-18-16-32(25-10-5-4-7-21(18)25)17-22-23(29)8-6-9-24(22)30/h4-16H,3,17H2,1-2H3/b26-15-. The number of amides is 1. The van der Waals surface area contributed by atoms with Gasteiger partial charge in [0.1, 0.15) is 17.3 Å². The number of carbonyl (C=O) groups excluding carboxylic acids is 1. The fourth-order valence-electron chi connectivity index (χ4n) is 4.36. The molecule has 0 spiro atoms. The molecule has 1 aliphatic heterocycles. The molecule has 5 rings (SSSR count). The summed E-state index contributed by atoms with van der Waals surface area (Å²) in [5.41, 5.74) is 3.25. The van der Waals surface area contributed by atoms with Crippen molar-refractivity contribution in [2.24, 2.45) is 0 Å². The van der Waals surface area contributed by atoms with Crippen molar-refractivity contribution in [1.29, 1.82) is 0 Å². The first kappa shape index (κ1) is 24.0. The molecule has 1 aliphatic rings. The monoisotopic (exact) mass is 519 g/mol. The van der Waals surface area contributed by atoms with Crippen LogP contribution in [0.25, 0.3) is 17.0 Å². The van der Waals surface area contributed by atoms with Crippen molar-refractivity contribution in [3.63, 3.8) is 0 Å². The quantitative estimate of drug-likeness (QED) is 0.216. The van der Waals surface area contributed by atoms with E-state index in [1.54, 1.807) is 24.1 Å². The molecule has 0 atom stereocenters. The Morgan fingerprint density at radius 1 is 1.06 bits per heavy atom. The molecule has 36 heavy (non-hydrogen) atoms. The molecule has 1 fully saturated rings. The SMILES string of the molecule is CCOc1ccc(N2C(=O)/C(=C/c3cn(Cc4c(F)cccc4Cl)c4ccccc34)N(C)C2=S)cc1. The Hall–Kier alpha value is -3.68. The van der Waals surface area contributed by atoms with Crippen LogP contribution in [0.4, 0.5) is 10.1 Å². The van der Waals surface area contributed by atoms with Crippen LogP contribution < -0.4 is 9.64 Å². The van der Waals surface area contributed by atoms with E-state index in [9.17, 15) is 9.18 Å². The zero-order chi connectivity index (χ0) is 25.4. The lowest BCUT2D eigenvalue weighted by molar-refractivity contribution is -0.114. The minimum absolute atomic E-state index is 0.222. The van der Waals surface area contributed by atoms with Crippen molar-refractivity contribution in [3.8, 4) is 5.75 Å². The number of carbonyl (C=O) groups is 1. The number of benzene rings is 3. The molecule has 0 saturated carbocycles. The van der Waals surface area contributed by atoms with Crippen molar-refractivity contribution in [2.75, 3.05) is 18.6 Å². The Balaban J connectivity index is 1.53. The first-order chi connectivity index (χ1) is 17.4. The Labute approximate surface area is 218 Å². The van der Waals surface area contributed by atoms with Gasteiger partial charge in [0.25, 0.3) is 5.91 Å². The number of aromatic nitrogens is 1. The Kier molecular flexibility index (Phi) is 6.51. The largest absolute Gasteiger partial charge is 0.494 e. The first-order valence-corrected chi connectivity index (χ1v) is 12.2. The molecule has 1 saturated heterocycles. The summed E-state index contributed by atoms with van der Waals surface area (Å²) in [5, 5.41) is 1.69. The lowest BCUT2D eigenvalue weighted by atomic mass is 10.1. The molecule has 0 aliphatic carbocycles. The highest BCUT2D eigenvalue weighted by Crippen LogP contribution is 2.32. The van der Waals surface area contributed by atoms with Crippen LogP contribution in [-0.4, -0.2) is 34.1 Å². The zero-order valence-electron chi connectivity index (χ0n) is 19.7. The van der Waals surface area contributed by atoms with Crippen LogP contribution in [0.15, 0.2) is 78.6 Å². The highest BCUT2D eigenvalue weighted by Gasteiger charge is 2.37. The van der Waals surface area contributed by atoms with E-state index >= 15 is 0 Å². The number of halogens is 2. The van der Waals surface area contributed by atoms with Gasteiger partial charge in [0.2, 0.25) is 0 Å². The Bertz CT molecular complexity index is 1490. The van der Waals surface area contributed by atoms with E-state index in [-0.39, 0.29) is 18.3 Å². The average molecular weight is 520 g/mol. The molecule has 0 bridgehead atoms. The van der Waals surface area contributed by atoms with Crippen LogP contribution in [0, 0.1) is 5.82 Å². The van der Waals surface area contributed by atoms with Gasteiger partial charge in [0.05, 0.1) is 18.8 Å². The molecular weight excluding hydrogens is 497 g/mol. The van der Waals surface area contributed by atoms with Crippen molar-refractivity contribution >= 4 is 57.5 Å². The third kappa shape index (κ3) is 4.25. The van der Waals surface area contributed by atoms with Crippen LogP contribution in [-0.2, 0) is 11.3 Å². The van der Waals surface area contributed by atoms with E-state index in [1.165, 1.54) is 11.0 Å². The van der Waals surface area contributed by atoms with Gasteiger partial charge in [-0.25, -0.2) is 4.39 Å². The van der Waals surface area contributed by atoms with E-state index in [0.717, 1.165) is 22.2 Å². The zero-order valence-corrected chi connectivity index (χ0v) is 21.3. The van der Waals surface area contributed by atoms with Crippen molar-refractivity contribution in [3.05, 3.63) is 101 Å². The first-order valence-electron chi connectivity index (χ1n) is 11.5. The van der Waals surface area contributed by atoms with Crippen molar-refractivity contribution in [1.82, 2.24) is 9.47 Å². The summed E-state index contributed by atoms with van der Waals surface area (Å²) in [6.45, 7) is 2.74. The van der Waals surface area contributed by atoms with E-state index in [2.05, 4.69) is 0 Å². The summed E-state index contributed by atoms with van der Waals surface area (Å²) in [6, 6.07) is 19.7. The third-order valence-electron chi connectivity index (χ3n) is 6.17. The molecule has 0 radical (unpaired) electrons. The van der Waals surface area contributed by atoms with Gasteiger partial charge in [-0.2, -0.15) is 0 Å². The van der Waals surface area contributed by atoms with Gasteiger partial charge < -0.3 is 14.2 Å². The normalized spacial score (nSPS) is 14.9. The van der Waals surface area contributed by atoms with Gasteiger partial charge in [0.15, 0.2) is 5.11 Å². The maximum Gasteiger partial charge on any atom is 0.281 e. The third-order valence-corrected chi connectivity index (χ3v) is 6.98. The predicted octanol–water partition coefficient (Wildman–Crippen LogP) is 6.49. The number of thiocarbonyl (C=S) groups is 1. The second kappa shape index (κ2) is 9.76.